The normalized spacial score (nSPS) is 15.0. The van der Waals surface area contributed by atoms with Gasteiger partial charge >= 0.3 is 0 Å². The van der Waals surface area contributed by atoms with Crippen molar-refractivity contribution >= 4 is 35.6 Å². The fourth-order valence-corrected chi connectivity index (χ4v) is 3.22. The first-order valence-corrected chi connectivity index (χ1v) is 9.96. The van der Waals surface area contributed by atoms with Crippen molar-refractivity contribution in [3.63, 3.8) is 0 Å². The third-order valence-electron chi connectivity index (χ3n) is 5.22. The maximum Gasteiger partial charge on any atom is 0.191 e. The third kappa shape index (κ3) is 8.25. The molecule has 5 nitrogen and oxygen atoms in total. The second-order valence-corrected chi connectivity index (χ2v) is 7.22. The van der Waals surface area contributed by atoms with Crippen LogP contribution in [0.5, 0.6) is 0 Å². The molecular formula is C21H37IN4O. The highest BCUT2D eigenvalue weighted by Crippen LogP contribution is 2.48. The number of aryl methyl sites for hydroxylation is 1. The number of hydrogen-bond acceptors (Lipinski definition) is 3. The lowest BCUT2D eigenvalue weighted by molar-refractivity contribution is 0.128. The highest BCUT2D eigenvalue weighted by Gasteiger charge is 2.41. The number of aliphatic imine (C=N–C) groups is 1. The van der Waals surface area contributed by atoms with Crippen LogP contribution < -0.4 is 15.5 Å². The minimum Gasteiger partial charge on any atom is -0.382 e. The van der Waals surface area contributed by atoms with Crippen molar-refractivity contribution in [2.45, 2.75) is 40.0 Å². The third-order valence-corrected chi connectivity index (χ3v) is 5.22. The van der Waals surface area contributed by atoms with E-state index < -0.39 is 0 Å². The fourth-order valence-electron chi connectivity index (χ4n) is 3.22. The summed E-state index contributed by atoms with van der Waals surface area (Å²) in [5, 5.41) is 6.96. The Bertz CT molecular complexity index is 575. The van der Waals surface area contributed by atoms with Gasteiger partial charge in [-0.2, -0.15) is 0 Å². The van der Waals surface area contributed by atoms with Crippen LogP contribution in [0.4, 0.5) is 5.69 Å². The molecule has 0 amide bonds. The first-order valence-electron chi connectivity index (χ1n) is 9.96. The van der Waals surface area contributed by atoms with Gasteiger partial charge in [-0.1, -0.05) is 12.1 Å². The highest BCUT2D eigenvalue weighted by atomic mass is 127. The predicted octanol–water partition coefficient (Wildman–Crippen LogP) is 3.81. The predicted molar refractivity (Wildman–Crippen MR) is 127 cm³/mol. The molecular weight excluding hydrogens is 451 g/mol. The quantitative estimate of drug-likeness (QED) is 0.215. The molecule has 0 heterocycles. The van der Waals surface area contributed by atoms with E-state index in [-0.39, 0.29) is 24.0 Å². The van der Waals surface area contributed by atoms with Gasteiger partial charge in [0.15, 0.2) is 5.96 Å². The summed E-state index contributed by atoms with van der Waals surface area (Å²) in [6.45, 7) is 11.9. The van der Waals surface area contributed by atoms with Crippen LogP contribution in [-0.2, 0) is 4.74 Å². The monoisotopic (exact) mass is 488 g/mol. The van der Waals surface area contributed by atoms with Gasteiger partial charge in [0.25, 0.3) is 0 Å². The Morgan fingerprint density at radius 1 is 1.26 bits per heavy atom. The SMILES string of the molecule is CCOCCC1(CNC(=NC)NCCN(CC)c2cccc(C)c2)CC1.I. The number of rotatable bonds is 11. The lowest BCUT2D eigenvalue weighted by Crippen LogP contribution is -2.43. The van der Waals surface area contributed by atoms with E-state index in [2.05, 4.69) is 65.6 Å². The molecule has 1 aliphatic rings. The Hall–Kier alpha value is -1.02. The summed E-state index contributed by atoms with van der Waals surface area (Å²) >= 11 is 0. The van der Waals surface area contributed by atoms with E-state index >= 15 is 0 Å². The summed E-state index contributed by atoms with van der Waals surface area (Å²) in [4.78, 5) is 6.76. The number of ether oxygens (including phenoxy) is 1. The van der Waals surface area contributed by atoms with Crippen LogP contribution >= 0.6 is 24.0 Å². The zero-order chi connectivity index (χ0) is 18.8. The van der Waals surface area contributed by atoms with Crippen molar-refractivity contribution in [3.8, 4) is 0 Å². The molecule has 1 aromatic rings. The van der Waals surface area contributed by atoms with Gasteiger partial charge in [-0.3, -0.25) is 4.99 Å². The maximum atomic E-state index is 5.52. The van der Waals surface area contributed by atoms with Crippen LogP contribution in [-0.4, -0.2) is 52.4 Å². The standard InChI is InChI=1S/C21H36N4O.HI/c1-5-25(19-9-7-8-18(3)16-19)14-13-23-20(22-4)24-17-21(10-11-21)12-15-26-6-2;/h7-9,16H,5-6,10-15,17H2,1-4H3,(H2,22,23,24);1H. The minimum absolute atomic E-state index is 0. The van der Waals surface area contributed by atoms with E-state index in [9.17, 15) is 0 Å². The lowest BCUT2D eigenvalue weighted by Gasteiger charge is -2.24. The summed E-state index contributed by atoms with van der Waals surface area (Å²) in [6.07, 6.45) is 3.73. The van der Waals surface area contributed by atoms with Gasteiger partial charge in [0.05, 0.1) is 0 Å². The van der Waals surface area contributed by atoms with Crippen molar-refractivity contribution in [2.24, 2.45) is 10.4 Å². The second-order valence-electron chi connectivity index (χ2n) is 7.22. The molecule has 1 aliphatic carbocycles. The summed E-state index contributed by atoms with van der Waals surface area (Å²) in [5.74, 6) is 0.896. The molecule has 0 spiro atoms. The van der Waals surface area contributed by atoms with Crippen LogP contribution in [0.25, 0.3) is 0 Å². The van der Waals surface area contributed by atoms with Crippen LogP contribution in [0.3, 0.4) is 0 Å². The Morgan fingerprint density at radius 3 is 2.63 bits per heavy atom. The fraction of sp³-hybridized carbons (Fsp3) is 0.667. The molecule has 0 bridgehead atoms. The summed E-state index contributed by atoms with van der Waals surface area (Å²) in [6, 6.07) is 8.68. The zero-order valence-corrected chi connectivity index (χ0v) is 19.7. The smallest absolute Gasteiger partial charge is 0.191 e. The zero-order valence-electron chi connectivity index (χ0n) is 17.4. The van der Waals surface area contributed by atoms with Gasteiger partial charge in [0.1, 0.15) is 0 Å². The van der Waals surface area contributed by atoms with E-state index in [0.717, 1.165) is 51.8 Å². The average molecular weight is 488 g/mol. The van der Waals surface area contributed by atoms with Crippen molar-refractivity contribution < 1.29 is 4.74 Å². The number of guanidine groups is 1. The summed E-state index contributed by atoms with van der Waals surface area (Å²) in [5.41, 5.74) is 3.00. The topological polar surface area (TPSA) is 48.9 Å². The van der Waals surface area contributed by atoms with Crippen molar-refractivity contribution in [3.05, 3.63) is 29.8 Å². The first-order chi connectivity index (χ1) is 12.6. The van der Waals surface area contributed by atoms with Crippen molar-refractivity contribution in [1.82, 2.24) is 10.6 Å². The largest absolute Gasteiger partial charge is 0.382 e. The molecule has 2 rings (SSSR count). The van der Waals surface area contributed by atoms with Gasteiger partial charge in [0.2, 0.25) is 0 Å². The number of nitrogens with zero attached hydrogens (tertiary/aromatic N) is 2. The van der Waals surface area contributed by atoms with Gasteiger partial charge in [-0.05, 0) is 63.1 Å². The van der Waals surface area contributed by atoms with Crippen LogP contribution in [0.15, 0.2) is 29.3 Å². The Labute approximate surface area is 182 Å². The summed E-state index contributed by atoms with van der Waals surface area (Å²) < 4.78 is 5.52. The van der Waals surface area contributed by atoms with Gasteiger partial charge in [0, 0.05) is 52.1 Å². The first kappa shape index (κ1) is 24.0. The van der Waals surface area contributed by atoms with Crippen LogP contribution in [0.2, 0.25) is 0 Å². The van der Waals surface area contributed by atoms with Gasteiger partial charge in [-0.15, -0.1) is 24.0 Å². The molecule has 0 unspecified atom stereocenters. The van der Waals surface area contributed by atoms with E-state index in [1.54, 1.807) is 0 Å². The maximum absolute atomic E-state index is 5.52. The Balaban J connectivity index is 0.00000364. The second kappa shape index (κ2) is 12.4. The molecule has 1 saturated carbocycles. The molecule has 1 fully saturated rings. The molecule has 0 aliphatic heterocycles. The average Bonchev–Trinajstić information content (AvgIpc) is 3.41. The number of hydrogen-bond donors (Lipinski definition) is 2. The van der Waals surface area contributed by atoms with Crippen molar-refractivity contribution in [2.75, 3.05) is 51.3 Å². The highest BCUT2D eigenvalue weighted by molar-refractivity contribution is 14.0. The number of likely N-dealkylation sites (N-methyl/N-ethyl adjacent to an activating group) is 1. The number of nitrogens with one attached hydrogen (secondary N) is 2. The lowest BCUT2D eigenvalue weighted by atomic mass is 10.0. The Morgan fingerprint density at radius 2 is 2.04 bits per heavy atom. The molecule has 0 radical (unpaired) electrons. The molecule has 2 N–H and O–H groups in total. The molecule has 6 heteroatoms. The van der Waals surface area contributed by atoms with Crippen LogP contribution in [0, 0.1) is 12.3 Å². The molecule has 27 heavy (non-hydrogen) atoms. The number of anilines is 1. The number of benzene rings is 1. The van der Waals surface area contributed by atoms with Crippen LogP contribution in [0.1, 0.15) is 38.7 Å². The van der Waals surface area contributed by atoms with Crippen molar-refractivity contribution in [1.29, 1.82) is 0 Å². The molecule has 0 saturated heterocycles. The van der Waals surface area contributed by atoms with Gasteiger partial charge < -0.3 is 20.3 Å². The molecule has 154 valence electrons. The molecule has 0 aromatic heterocycles. The molecule has 0 atom stereocenters. The van der Waals surface area contributed by atoms with E-state index in [0.29, 0.717) is 5.41 Å². The minimum atomic E-state index is 0. The van der Waals surface area contributed by atoms with E-state index in [1.165, 1.54) is 24.1 Å². The molecule has 1 aromatic carbocycles. The summed E-state index contributed by atoms with van der Waals surface area (Å²) in [7, 11) is 1.84. The Kier molecular flexibility index (Phi) is 11.1. The van der Waals surface area contributed by atoms with E-state index in [4.69, 9.17) is 4.74 Å². The number of halogens is 1. The van der Waals surface area contributed by atoms with Gasteiger partial charge in [-0.25, -0.2) is 0 Å². The van der Waals surface area contributed by atoms with E-state index in [1.807, 2.05) is 7.05 Å².